The maximum Gasteiger partial charge on any atom is 0.0838 e. The first-order valence-electron chi connectivity index (χ1n) is 6.39. The number of aliphatic hydroxyl groups excluding tert-OH is 1. The van der Waals surface area contributed by atoms with Crippen molar-refractivity contribution in [3.63, 3.8) is 0 Å². The van der Waals surface area contributed by atoms with Gasteiger partial charge in [0.1, 0.15) is 0 Å². The van der Waals surface area contributed by atoms with Crippen LogP contribution in [0.3, 0.4) is 0 Å². The molecule has 4 atom stereocenters. The average molecular weight is 223 g/mol. The molecule has 1 saturated heterocycles. The quantitative estimate of drug-likeness (QED) is 0.797. The van der Waals surface area contributed by atoms with Crippen molar-refractivity contribution in [1.82, 2.24) is 0 Å². The molecule has 3 heteroatoms. The van der Waals surface area contributed by atoms with Crippen LogP contribution in [0.15, 0.2) is 0 Å². The summed E-state index contributed by atoms with van der Waals surface area (Å²) in [5, 5.41) is 19.8. The predicted octanol–water partition coefficient (Wildman–Crippen LogP) is 2.10. The molecule has 2 fully saturated rings. The molecule has 1 N–H and O–H groups in total. The van der Waals surface area contributed by atoms with Gasteiger partial charge in [-0.2, -0.15) is 5.26 Å². The minimum absolute atomic E-state index is 0.176. The first kappa shape index (κ1) is 11.9. The molecule has 0 aromatic rings. The van der Waals surface area contributed by atoms with E-state index in [1.807, 2.05) is 0 Å². The summed E-state index contributed by atoms with van der Waals surface area (Å²) in [6, 6.07) is 2.41. The molecule has 2 aliphatic rings. The van der Waals surface area contributed by atoms with Crippen LogP contribution in [0.1, 0.15) is 39.0 Å². The summed E-state index contributed by atoms with van der Waals surface area (Å²) in [5.41, 5.74) is -0.487. The van der Waals surface area contributed by atoms with Crippen molar-refractivity contribution < 1.29 is 9.84 Å². The summed E-state index contributed by atoms with van der Waals surface area (Å²) in [6.07, 6.45) is 4.36. The number of aliphatic hydroxyl groups is 1. The lowest BCUT2D eigenvalue weighted by Crippen LogP contribution is -2.38. The molecule has 1 saturated carbocycles. The third-order valence-electron chi connectivity index (χ3n) is 4.43. The van der Waals surface area contributed by atoms with E-state index in [1.54, 1.807) is 0 Å². The number of hydrogen-bond donors (Lipinski definition) is 1. The monoisotopic (exact) mass is 223 g/mol. The van der Waals surface area contributed by atoms with E-state index in [0.29, 0.717) is 12.5 Å². The molecule has 0 radical (unpaired) electrons. The van der Waals surface area contributed by atoms with Crippen LogP contribution in [0, 0.1) is 28.6 Å². The van der Waals surface area contributed by atoms with Gasteiger partial charge in [0.05, 0.1) is 24.2 Å². The number of nitriles is 1. The zero-order valence-corrected chi connectivity index (χ0v) is 9.98. The van der Waals surface area contributed by atoms with Gasteiger partial charge in [-0.3, -0.25) is 0 Å². The number of nitrogens with zero attached hydrogens (tertiary/aromatic N) is 1. The second kappa shape index (κ2) is 4.73. The molecule has 1 aliphatic carbocycles. The van der Waals surface area contributed by atoms with E-state index in [-0.39, 0.29) is 5.92 Å². The molecule has 1 heterocycles. The van der Waals surface area contributed by atoms with Crippen molar-refractivity contribution in [2.45, 2.75) is 45.1 Å². The fourth-order valence-electron chi connectivity index (χ4n) is 3.22. The molecular weight excluding hydrogens is 202 g/mol. The molecule has 0 amide bonds. The highest BCUT2D eigenvalue weighted by molar-refractivity contribution is 5.09. The third-order valence-corrected chi connectivity index (χ3v) is 4.43. The third kappa shape index (κ3) is 1.97. The van der Waals surface area contributed by atoms with Crippen molar-refractivity contribution in [1.29, 1.82) is 5.26 Å². The minimum Gasteiger partial charge on any atom is -0.391 e. The van der Waals surface area contributed by atoms with E-state index in [0.717, 1.165) is 38.7 Å². The molecule has 2 rings (SSSR count). The van der Waals surface area contributed by atoms with Crippen LogP contribution < -0.4 is 0 Å². The van der Waals surface area contributed by atoms with E-state index < -0.39 is 11.5 Å². The minimum atomic E-state index is -0.489. The Labute approximate surface area is 97.4 Å². The smallest absolute Gasteiger partial charge is 0.0838 e. The molecule has 16 heavy (non-hydrogen) atoms. The Morgan fingerprint density at radius 2 is 2.38 bits per heavy atom. The topological polar surface area (TPSA) is 53.2 Å². The molecule has 0 aromatic heterocycles. The van der Waals surface area contributed by atoms with Crippen molar-refractivity contribution in [3.05, 3.63) is 0 Å². The lowest BCUT2D eigenvalue weighted by atomic mass is 9.75. The molecule has 3 nitrogen and oxygen atoms in total. The van der Waals surface area contributed by atoms with Gasteiger partial charge >= 0.3 is 0 Å². The first-order valence-corrected chi connectivity index (χ1v) is 6.39. The van der Waals surface area contributed by atoms with Crippen LogP contribution >= 0.6 is 0 Å². The Bertz CT molecular complexity index is 280. The lowest BCUT2D eigenvalue weighted by molar-refractivity contribution is 0.00960. The van der Waals surface area contributed by atoms with Gasteiger partial charge in [0.2, 0.25) is 0 Å². The zero-order chi connectivity index (χ0) is 11.6. The van der Waals surface area contributed by atoms with Gasteiger partial charge in [-0.25, -0.2) is 0 Å². The molecule has 0 aromatic carbocycles. The SMILES string of the molecule is CCC1CCC(C#N)(C(O)C2CCOC2)C1. The van der Waals surface area contributed by atoms with Crippen LogP contribution in [-0.4, -0.2) is 24.4 Å². The van der Waals surface area contributed by atoms with Gasteiger partial charge in [0.15, 0.2) is 0 Å². The Hall–Kier alpha value is -0.590. The molecule has 1 aliphatic heterocycles. The highest BCUT2D eigenvalue weighted by Gasteiger charge is 2.47. The van der Waals surface area contributed by atoms with E-state index in [4.69, 9.17) is 4.74 Å². The molecule has 0 bridgehead atoms. The van der Waals surface area contributed by atoms with Gasteiger partial charge in [-0.05, 0) is 31.6 Å². The van der Waals surface area contributed by atoms with E-state index >= 15 is 0 Å². The highest BCUT2D eigenvalue weighted by atomic mass is 16.5. The van der Waals surface area contributed by atoms with E-state index in [9.17, 15) is 10.4 Å². The van der Waals surface area contributed by atoms with Crippen LogP contribution in [-0.2, 0) is 4.74 Å². The molecule has 0 spiro atoms. The highest BCUT2D eigenvalue weighted by Crippen LogP contribution is 2.47. The van der Waals surface area contributed by atoms with Crippen LogP contribution in [0.5, 0.6) is 0 Å². The predicted molar refractivity (Wildman–Crippen MR) is 60.6 cm³/mol. The fraction of sp³-hybridized carbons (Fsp3) is 0.923. The van der Waals surface area contributed by atoms with Gasteiger partial charge in [-0.15, -0.1) is 0 Å². The van der Waals surface area contributed by atoms with Crippen molar-refractivity contribution >= 4 is 0 Å². The van der Waals surface area contributed by atoms with Crippen LogP contribution in [0.4, 0.5) is 0 Å². The Kier molecular flexibility index (Phi) is 3.51. The molecule has 90 valence electrons. The van der Waals surface area contributed by atoms with Gasteiger partial charge < -0.3 is 9.84 Å². The second-order valence-electron chi connectivity index (χ2n) is 5.35. The standard InChI is InChI=1S/C13H21NO2/c1-2-10-3-5-13(7-10,9-14)12(15)11-4-6-16-8-11/h10-12,15H,2-8H2,1H3. The summed E-state index contributed by atoms with van der Waals surface area (Å²) < 4.78 is 5.31. The number of hydrogen-bond acceptors (Lipinski definition) is 3. The lowest BCUT2D eigenvalue weighted by Gasteiger charge is -2.31. The van der Waals surface area contributed by atoms with Gasteiger partial charge in [-0.1, -0.05) is 13.3 Å². The summed E-state index contributed by atoms with van der Waals surface area (Å²) in [4.78, 5) is 0. The van der Waals surface area contributed by atoms with E-state index in [1.165, 1.54) is 0 Å². The van der Waals surface area contributed by atoms with Crippen molar-refractivity contribution in [3.8, 4) is 6.07 Å². The largest absolute Gasteiger partial charge is 0.391 e. The van der Waals surface area contributed by atoms with Crippen molar-refractivity contribution in [2.24, 2.45) is 17.3 Å². The Morgan fingerprint density at radius 3 is 2.88 bits per heavy atom. The Balaban J connectivity index is 2.07. The maximum absolute atomic E-state index is 10.4. The summed E-state index contributed by atoms with van der Waals surface area (Å²) in [5.74, 6) is 0.798. The summed E-state index contributed by atoms with van der Waals surface area (Å²) in [7, 11) is 0. The molecule has 4 unspecified atom stereocenters. The van der Waals surface area contributed by atoms with Gasteiger partial charge in [0, 0.05) is 12.5 Å². The normalized spacial score (nSPS) is 40.8. The zero-order valence-electron chi connectivity index (χ0n) is 9.98. The second-order valence-corrected chi connectivity index (χ2v) is 5.35. The average Bonchev–Trinajstić information content (AvgIpc) is 2.98. The van der Waals surface area contributed by atoms with Gasteiger partial charge in [0.25, 0.3) is 0 Å². The summed E-state index contributed by atoms with van der Waals surface area (Å²) >= 11 is 0. The fourth-order valence-corrected chi connectivity index (χ4v) is 3.22. The van der Waals surface area contributed by atoms with E-state index in [2.05, 4.69) is 13.0 Å². The summed E-state index contributed by atoms with van der Waals surface area (Å²) in [6.45, 7) is 3.53. The van der Waals surface area contributed by atoms with Crippen LogP contribution in [0.25, 0.3) is 0 Å². The number of ether oxygens (including phenoxy) is 1. The number of rotatable bonds is 3. The van der Waals surface area contributed by atoms with Crippen LogP contribution in [0.2, 0.25) is 0 Å². The van der Waals surface area contributed by atoms with Crippen molar-refractivity contribution in [2.75, 3.05) is 13.2 Å². The first-order chi connectivity index (χ1) is 7.72. The molecular formula is C13H21NO2. The maximum atomic E-state index is 10.4. The Morgan fingerprint density at radius 1 is 1.56 bits per heavy atom.